The second-order valence-electron chi connectivity index (χ2n) is 6.14. The van der Waals surface area contributed by atoms with Crippen LogP contribution in [0.4, 0.5) is 0 Å². The van der Waals surface area contributed by atoms with Crippen LogP contribution < -0.4 is 4.74 Å². The van der Waals surface area contributed by atoms with Crippen LogP contribution in [0, 0.1) is 0 Å². The van der Waals surface area contributed by atoms with Crippen molar-refractivity contribution in [2.24, 2.45) is 0 Å². The quantitative estimate of drug-likeness (QED) is 0.513. The molecule has 0 amide bonds. The average Bonchev–Trinajstić information content (AvgIpc) is 3.20. The number of ether oxygens (including phenoxy) is 1. The maximum Gasteiger partial charge on any atom is 0.119 e. The number of hydrogen-bond acceptors (Lipinski definition) is 2. The molecule has 0 bridgehead atoms. The van der Waals surface area contributed by atoms with Crippen LogP contribution in [0.2, 0.25) is 0 Å². The fourth-order valence-corrected chi connectivity index (χ4v) is 3.02. The number of nitrogens with zero attached hydrogens (tertiary/aromatic N) is 1. The van der Waals surface area contributed by atoms with Crippen LogP contribution in [0.3, 0.4) is 0 Å². The van der Waals surface area contributed by atoms with E-state index in [0.29, 0.717) is 6.61 Å². The van der Waals surface area contributed by atoms with Crippen molar-refractivity contribution < 1.29 is 4.74 Å². The molecule has 0 radical (unpaired) electrons. The summed E-state index contributed by atoms with van der Waals surface area (Å²) in [5.41, 5.74) is 5.59. The maximum absolute atomic E-state index is 5.96. The molecule has 26 heavy (non-hydrogen) atoms. The third kappa shape index (κ3) is 3.67. The Morgan fingerprint density at radius 1 is 0.769 bits per heavy atom. The van der Waals surface area contributed by atoms with Gasteiger partial charge >= 0.3 is 0 Å². The summed E-state index contributed by atoms with van der Waals surface area (Å²) in [6.07, 6.45) is 2.76. The third-order valence-electron chi connectivity index (χ3n) is 4.35. The zero-order valence-corrected chi connectivity index (χ0v) is 14.4. The zero-order chi connectivity index (χ0) is 17.6. The molecular weight excluding hydrogens is 320 g/mol. The van der Waals surface area contributed by atoms with Crippen LogP contribution in [0.25, 0.3) is 22.4 Å². The topological polar surface area (TPSA) is 37.9 Å². The van der Waals surface area contributed by atoms with Gasteiger partial charge in [0.2, 0.25) is 0 Å². The second kappa shape index (κ2) is 7.70. The minimum absolute atomic E-state index is 0.655. The molecule has 0 atom stereocenters. The molecule has 4 rings (SSSR count). The first-order chi connectivity index (χ1) is 12.9. The molecule has 0 spiro atoms. The van der Waals surface area contributed by atoms with Gasteiger partial charge in [-0.3, -0.25) is 5.10 Å². The van der Waals surface area contributed by atoms with Gasteiger partial charge in [0.1, 0.15) is 5.75 Å². The molecule has 0 aliphatic rings. The second-order valence-corrected chi connectivity index (χ2v) is 6.14. The number of nitrogens with one attached hydrogen (secondary N) is 1. The lowest BCUT2D eigenvalue weighted by molar-refractivity contribution is 0.322. The van der Waals surface area contributed by atoms with Gasteiger partial charge < -0.3 is 4.74 Å². The minimum Gasteiger partial charge on any atom is -0.493 e. The molecule has 0 aliphatic heterocycles. The Morgan fingerprint density at radius 2 is 1.50 bits per heavy atom. The lowest BCUT2D eigenvalue weighted by Gasteiger charge is -2.09. The molecule has 1 heterocycles. The van der Waals surface area contributed by atoms with Crippen molar-refractivity contribution in [1.29, 1.82) is 0 Å². The Morgan fingerprint density at radius 3 is 2.31 bits per heavy atom. The molecule has 0 fully saturated rings. The van der Waals surface area contributed by atoms with E-state index in [0.717, 1.165) is 34.6 Å². The molecule has 4 aromatic rings. The Kier molecular flexibility index (Phi) is 4.79. The SMILES string of the molecule is c1ccc(CCOc2cccc(-c3[nH]ncc3-c3ccccc3)c2)cc1. The van der Waals surface area contributed by atoms with E-state index in [1.54, 1.807) is 0 Å². The Balaban J connectivity index is 1.51. The number of rotatable bonds is 6. The van der Waals surface area contributed by atoms with Crippen molar-refractivity contribution in [3.05, 3.63) is 96.7 Å². The van der Waals surface area contributed by atoms with Gasteiger partial charge in [-0.15, -0.1) is 0 Å². The van der Waals surface area contributed by atoms with Crippen molar-refractivity contribution in [1.82, 2.24) is 10.2 Å². The van der Waals surface area contributed by atoms with E-state index in [1.807, 2.05) is 42.6 Å². The highest BCUT2D eigenvalue weighted by molar-refractivity contribution is 5.80. The summed E-state index contributed by atoms with van der Waals surface area (Å²) in [7, 11) is 0. The summed E-state index contributed by atoms with van der Waals surface area (Å²) < 4.78 is 5.96. The molecule has 3 heteroatoms. The van der Waals surface area contributed by atoms with E-state index < -0.39 is 0 Å². The standard InChI is InChI=1S/C23H20N2O/c1-3-8-18(9-4-1)14-15-26-21-13-7-12-20(16-21)23-22(17-24-25-23)19-10-5-2-6-11-19/h1-13,16-17H,14-15H2,(H,24,25). The molecule has 1 N–H and O–H groups in total. The summed E-state index contributed by atoms with van der Waals surface area (Å²) >= 11 is 0. The van der Waals surface area contributed by atoms with Crippen LogP contribution in [0.5, 0.6) is 5.75 Å². The summed E-state index contributed by atoms with van der Waals surface area (Å²) in [6, 6.07) is 28.8. The van der Waals surface area contributed by atoms with Gasteiger partial charge in [-0.25, -0.2) is 0 Å². The lowest BCUT2D eigenvalue weighted by Crippen LogP contribution is -2.01. The van der Waals surface area contributed by atoms with Crippen LogP contribution in [0.15, 0.2) is 91.1 Å². The fraction of sp³-hybridized carbons (Fsp3) is 0.0870. The summed E-state index contributed by atoms with van der Waals surface area (Å²) in [5.74, 6) is 0.868. The fourth-order valence-electron chi connectivity index (χ4n) is 3.02. The Labute approximate surface area is 153 Å². The molecule has 128 valence electrons. The Bertz CT molecular complexity index is 962. The molecule has 0 aliphatic carbocycles. The van der Waals surface area contributed by atoms with E-state index in [9.17, 15) is 0 Å². The van der Waals surface area contributed by atoms with Gasteiger partial charge in [0, 0.05) is 17.5 Å². The summed E-state index contributed by atoms with van der Waals surface area (Å²) in [6.45, 7) is 0.655. The third-order valence-corrected chi connectivity index (χ3v) is 4.35. The molecular formula is C23H20N2O. The van der Waals surface area contributed by atoms with Crippen molar-refractivity contribution in [2.45, 2.75) is 6.42 Å². The Hall–Kier alpha value is -3.33. The highest BCUT2D eigenvalue weighted by Gasteiger charge is 2.10. The van der Waals surface area contributed by atoms with Crippen molar-refractivity contribution in [3.8, 4) is 28.1 Å². The summed E-state index contributed by atoms with van der Waals surface area (Å²) in [4.78, 5) is 0. The monoisotopic (exact) mass is 340 g/mol. The van der Waals surface area contributed by atoms with Crippen molar-refractivity contribution in [2.75, 3.05) is 6.61 Å². The maximum atomic E-state index is 5.96. The molecule has 0 saturated carbocycles. The molecule has 0 unspecified atom stereocenters. The van der Waals surface area contributed by atoms with E-state index in [-0.39, 0.29) is 0 Å². The summed E-state index contributed by atoms with van der Waals surface area (Å²) in [5, 5.41) is 7.36. The first-order valence-electron chi connectivity index (χ1n) is 8.76. The number of aromatic amines is 1. The van der Waals surface area contributed by atoms with Crippen LogP contribution in [-0.2, 0) is 6.42 Å². The predicted molar refractivity (Wildman–Crippen MR) is 105 cm³/mol. The predicted octanol–water partition coefficient (Wildman–Crippen LogP) is 5.37. The van der Waals surface area contributed by atoms with Gasteiger partial charge in [-0.1, -0.05) is 72.8 Å². The van der Waals surface area contributed by atoms with Gasteiger partial charge in [-0.05, 0) is 23.3 Å². The highest BCUT2D eigenvalue weighted by Crippen LogP contribution is 2.31. The van der Waals surface area contributed by atoms with Crippen LogP contribution in [0.1, 0.15) is 5.56 Å². The minimum atomic E-state index is 0.655. The number of H-pyrrole nitrogens is 1. The smallest absolute Gasteiger partial charge is 0.119 e. The molecule has 0 saturated heterocycles. The van der Waals surface area contributed by atoms with E-state index in [4.69, 9.17) is 4.74 Å². The zero-order valence-electron chi connectivity index (χ0n) is 14.4. The molecule has 3 nitrogen and oxygen atoms in total. The van der Waals surface area contributed by atoms with Gasteiger partial charge in [0.15, 0.2) is 0 Å². The number of aromatic nitrogens is 2. The number of hydrogen-bond donors (Lipinski definition) is 1. The normalized spacial score (nSPS) is 10.6. The van der Waals surface area contributed by atoms with E-state index >= 15 is 0 Å². The molecule has 3 aromatic carbocycles. The van der Waals surface area contributed by atoms with Crippen LogP contribution >= 0.6 is 0 Å². The highest BCUT2D eigenvalue weighted by atomic mass is 16.5. The van der Waals surface area contributed by atoms with Crippen molar-refractivity contribution in [3.63, 3.8) is 0 Å². The van der Waals surface area contributed by atoms with E-state index in [2.05, 4.69) is 58.7 Å². The first-order valence-corrected chi connectivity index (χ1v) is 8.76. The van der Waals surface area contributed by atoms with Gasteiger partial charge in [0.05, 0.1) is 18.5 Å². The van der Waals surface area contributed by atoms with Crippen molar-refractivity contribution >= 4 is 0 Å². The average molecular weight is 340 g/mol. The lowest BCUT2D eigenvalue weighted by atomic mass is 10.0. The number of benzene rings is 3. The van der Waals surface area contributed by atoms with Crippen LogP contribution in [-0.4, -0.2) is 16.8 Å². The largest absolute Gasteiger partial charge is 0.493 e. The first kappa shape index (κ1) is 16.2. The van der Waals surface area contributed by atoms with E-state index in [1.165, 1.54) is 5.56 Å². The van der Waals surface area contributed by atoms with Gasteiger partial charge in [-0.2, -0.15) is 5.10 Å². The molecule has 1 aromatic heterocycles. The van der Waals surface area contributed by atoms with Gasteiger partial charge in [0.25, 0.3) is 0 Å².